The number of nitro groups is 1. The topological polar surface area (TPSA) is 62.5 Å². The maximum atomic E-state index is 11.0. The first-order chi connectivity index (χ1) is 10.6. The Bertz CT molecular complexity index is 527. The van der Waals surface area contributed by atoms with Crippen LogP contribution in [0.4, 0.5) is 0 Å². The van der Waals surface area contributed by atoms with Gasteiger partial charge in [0.05, 0.1) is 4.92 Å². The summed E-state index contributed by atoms with van der Waals surface area (Å²) in [7, 11) is 0. The highest BCUT2D eigenvalue weighted by Crippen LogP contribution is 2.20. The SMILES string of the molecule is CCN(Cc1ccc(Cl)nc1)/C(=C/[N+](=O)[O-])N1CCCCC1. The molecule has 0 saturated carbocycles. The summed E-state index contributed by atoms with van der Waals surface area (Å²) in [5.41, 5.74) is 0.984. The van der Waals surface area contributed by atoms with Crippen molar-refractivity contribution in [3.05, 3.63) is 51.2 Å². The summed E-state index contributed by atoms with van der Waals surface area (Å²) in [5, 5.41) is 11.5. The molecule has 0 aliphatic carbocycles. The molecule has 1 aromatic rings. The Balaban J connectivity index is 2.18. The maximum absolute atomic E-state index is 11.0. The Kier molecular flexibility index (Phi) is 6.00. The van der Waals surface area contributed by atoms with E-state index >= 15 is 0 Å². The van der Waals surface area contributed by atoms with Crippen molar-refractivity contribution in [1.29, 1.82) is 0 Å². The Hall–Kier alpha value is -1.82. The number of halogens is 1. The van der Waals surface area contributed by atoms with Crippen LogP contribution in [0.25, 0.3) is 0 Å². The fourth-order valence-electron chi connectivity index (χ4n) is 2.66. The fourth-order valence-corrected chi connectivity index (χ4v) is 2.77. The summed E-state index contributed by atoms with van der Waals surface area (Å²) < 4.78 is 0. The van der Waals surface area contributed by atoms with Crippen LogP contribution in [0.1, 0.15) is 31.7 Å². The van der Waals surface area contributed by atoms with Crippen molar-refractivity contribution in [2.75, 3.05) is 19.6 Å². The van der Waals surface area contributed by atoms with E-state index in [1.165, 1.54) is 6.42 Å². The van der Waals surface area contributed by atoms with Gasteiger partial charge in [0.15, 0.2) is 5.82 Å². The zero-order chi connectivity index (χ0) is 15.9. The van der Waals surface area contributed by atoms with Gasteiger partial charge in [-0.05, 0) is 37.8 Å². The van der Waals surface area contributed by atoms with Crippen molar-refractivity contribution in [3.8, 4) is 0 Å². The lowest BCUT2D eigenvalue weighted by Crippen LogP contribution is -2.38. The Morgan fingerprint density at radius 3 is 2.73 bits per heavy atom. The molecule has 0 unspecified atom stereocenters. The van der Waals surface area contributed by atoms with Crippen LogP contribution in [0, 0.1) is 10.1 Å². The van der Waals surface area contributed by atoms with Gasteiger partial charge in [-0.2, -0.15) is 0 Å². The van der Waals surface area contributed by atoms with Crippen LogP contribution < -0.4 is 0 Å². The number of rotatable bonds is 6. The zero-order valence-electron chi connectivity index (χ0n) is 12.7. The van der Waals surface area contributed by atoms with E-state index in [0.29, 0.717) is 24.1 Å². The fraction of sp³-hybridized carbons (Fsp3) is 0.533. The largest absolute Gasteiger partial charge is 0.353 e. The summed E-state index contributed by atoms with van der Waals surface area (Å²) in [6.45, 7) is 5.01. The van der Waals surface area contributed by atoms with Gasteiger partial charge < -0.3 is 9.80 Å². The van der Waals surface area contributed by atoms with Gasteiger partial charge in [0.2, 0.25) is 0 Å². The normalized spacial score (nSPS) is 15.7. The van der Waals surface area contributed by atoms with Crippen LogP contribution in [0.2, 0.25) is 5.15 Å². The molecule has 2 rings (SSSR count). The van der Waals surface area contributed by atoms with E-state index in [-0.39, 0.29) is 4.92 Å². The van der Waals surface area contributed by atoms with E-state index in [1.807, 2.05) is 17.9 Å². The molecule has 120 valence electrons. The Labute approximate surface area is 135 Å². The summed E-state index contributed by atoms with van der Waals surface area (Å²) in [4.78, 5) is 18.8. The van der Waals surface area contributed by atoms with E-state index in [9.17, 15) is 10.1 Å². The monoisotopic (exact) mass is 324 g/mol. The summed E-state index contributed by atoms with van der Waals surface area (Å²) in [5.74, 6) is 0.683. The predicted molar refractivity (Wildman–Crippen MR) is 85.8 cm³/mol. The van der Waals surface area contributed by atoms with Gasteiger partial charge in [0.1, 0.15) is 5.15 Å². The Morgan fingerprint density at radius 1 is 1.45 bits per heavy atom. The molecular formula is C15H21ClN4O2. The van der Waals surface area contributed by atoms with Crippen molar-refractivity contribution in [3.63, 3.8) is 0 Å². The quantitative estimate of drug-likeness (QED) is 0.457. The third-order valence-corrected chi connectivity index (χ3v) is 3.99. The number of pyridine rings is 1. The molecule has 0 bridgehead atoms. The van der Waals surface area contributed by atoms with Gasteiger partial charge in [-0.15, -0.1) is 0 Å². The van der Waals surface area contributed by atoms with Crippen molar-refractivity contribution in [2.24, 2.45) is 0 Å². The minimum atomic E-state index is -0.368. The molecule has 0 spiro atoms. The van der Waals surface area contributed by atoms with Crippen LogP contribution in [-0.4, -0.2) is 39.3 Å². The third-order valence-electron chi connectivity index (χ3n) is 3.77. The van der Waals surface area contributed by atoms with E-state index in [4.69, 9.17) is 11.6 Å². The van der Waals surface area contributed by atoms with Crippen LogP contribution in [-0.2, 0) is 6.54 Å². The molecule has 22 heavy (non-hydrogen) atoms. The lowest BCUT2D eigenvalue weighted by molar-refractivity contribution is -0.405. The predicted octanol–water partition coefficient (Wildman–Crippen LogP) is 3.12. The van der Waals surface area contributed by atoms with E-state index in [0.717, 1.165) is 37.7 Å². The average Bonchev–Trinajstić information content (AvgIpc) is 2.53. The molecule has 1 saturated heterocycles. The lowest BCUT2D eigenvalue weighted by atomic mass is 10.1. The molecule has 1 aromatic heterocycles. The van der Waals surface area contributed by atoms with Gasteiger partial charge in [-0.1, -0.05) is 17.7 Å². The second-order valence-corrected chi connectivity index (χ2v) is 5.71. The smallest absolute Gasteiger partial charge is 0.274 e. The molecular weight excluding hydrogens is 304 g/mol. The van der Waals surface area contributed by atoms with Gasteiger partial charge in [-0.3, -0.25) is 10.1 Å². The molecule has 0 aromatic carbocycles. The minimum absolute atomic E-state index is 0.368. The molecule has 7 heteroatoms. The zero-order valence-corrected chi connectivity index (χ0v) is 13.5. The summed E-state index contributed by atoms with van der Waals surface area (Å²) in [6.07, 6.45) is 6.18. The van der Waals surface area contributed by atoms with Crippen molar-refractivity contribution >= 4 is 11.6 Å². The number of aromatic nitrogens is 1. The molecule has 0 radical (unpaired) electrons. The van der Waals surface area contributed by atoms with E-state index < -0.39 is 0 Å². The molecule has 6 nitrogen and oxygen atoms in total. The molecule has 1 aliphatic heterocycles. The molecule has 0 atom stereocenters. The van der Waals surface area contributed by atoms with Crippen molar-refractivity contribution in [1.82, 2.24) is 14.8 Å². The summed E-state index contributed by atoms with van der Waals surface area (Å²) in [6, 6.07) is 3.64. The van der Waals surface area contributed by atoms with Crippen LogP contribution >= 0.6 is 11.6 Å². The van der Waals surface area contributed by atoms with Crippen LogP contribution in [0.5, 0.6) is 0 Å². The number of nitrogens with zero attached hydrogens (tertiary/aromatic N) is 4. The van der Waals surface area contributed by atoms with Gasteiger partial charge >= 0.3 is 0 Å². The first kappa shape index (κ1) is 16.5. The van der Waals surface area contributed by atoms with Crippen LogP contribution in [0.15, 0.2) is 30.4 Å². The average molecular weight is 325 g/mol. The summed E-state index contributed by atoms with van der Waals surface area (Å²) >= 11 is 5.80. The molecule has 0 amide bonds. The van der Waals surface area contributed by atoms with Crippen molar-refractivity contribution in [2.45, 2.75) is 32.7 Å². The lowest BCUT2D eigenvalue weighted by Gasteiger charge is -2.36. The Morgan fingerprint density at radius 2 is 2.18 bits per heavy atom. The number of hydrogen-bond acceptors (Lipinski definition) is 5. The standard InChI is InChI=1S/C15H21ClN4O2/c1-2-18(11-13-6-7-14(16)17-10-13)15(12-20(21)22)19-8-4-3-5-9-19/h6-7,10,12H,2-5,8-9,11H2,1H3/b15-12-. The van der Waals surface area contributed by atoms with Gasteiger partial charge in [0.25, 0.3) is 6.20 Å². The molecule has 1 aliphatic rings. The second kappa shape index (κ2) is 7.98. The van der Waals surface area contributed by atoms with Crippen molar-refractivity contribution < 1.29 is 4.92 Å². The molecule has 1 fully saturated rings. The minimum Gasteiger partial charge on any atom is -0.353 e. The van der Waals surface area contributed by atoms with E-state index in [2.05, 4.69) is 9.88 Å². The first-order valence-electron chi connectivity index (χ1n) is 7.55. The highest BCUT2D eigenvalue weighted by atomic mass is 35.5. The maximum Gasteiger partial charge on any atom is 0.274 e. The highest BCUT2D eigenvalue weighted by Gasteiger charge is 2.21. The second-order valence-electron chi connectivity index (χ2n) is 5.32. The number of piperidine rings is 1. The first-order valence-corrected chi connectivity index (χ1v) is 7.93. The highest BCUT2D eigenvalue weighted by molar-refractivity contribution is 6.29. The molecule has 2 heterocycles. The van der Waals surface area contributed by atoms with Gasteiger partial charge in [-0.25, -0.2) is 4.98 Å². The van der Waals surface area contributed by atoms with E-state index in [1.54, 1.807) is 12.3 Å². The number of likely N-dealkylation sites (tertiary alicyclic amines) is 1. The third kappa shape index (κ3) is 4.59. The van der Waals surface area contributed by atoms with Crippen LogP contribution in [0.3, 0.4) is 0 Å². The van der Waals surface area contributed by atoms with Gasteiger partial charge in [0, 0.05) is 32.4 Å². The number of hydrogen-bond donors (Lipinski definition) is 0. The molecule has 0 N–H and O–H groups in total.